The number of hydrogen-bond donors (Lipinski definition) is 3. The van der Waals surface area contributed by atoms with E-state index in [1.807, 2.05) is 24.3 Å². The number of carbonyl (C=O) groups excluding carboxylic acids is 2. The third-order valence-electron chi connectivity index (χ3n) is 4.48. The standard InChI is InChI=1S/C20H17FN4O3S/c1-28-18(26)16-15(10-29-20-23-13-4-2-3-5-14(13)24-20)22-19(27)25-17(16)11-6-8-12(21)9-7-11/h2-9,17H,10H2,1H3,(H,23,24)(H2,22,25,27). The third-order valence-corrected chi connectivity index (χ3v) is 5.38. The summed E-state index contributed by atoms with van der Waals surface area (Å²) in [7, 11) is 1.28. The first kappa shape index (κ1) is 19.0. The molecule has 3 aromatic rings. The van der Waals surface area contributed by atoms with E-state index in [2.05, 4.69) is 20.6 Å². The number of carbonyl (C=O) groups is 2. The predicted molar refractivity (Wildman–Crippen MR) is 107 cm³/mol. The van der Waals surface area contributed by atoms with Crippen LogP contribution in [0.1, 0.15) is 11.6 Å². The molecule has 2 heterocycles. The topological polar surface area (TPSA) is 96.1 Å². The van der Waals surface area contributed by atoms with Crippen molar-refractivity contribution < 1.29 is 18.7 Å². The van der Waals surface area contributed by atoms with Crippen molar-refractivity contribution in [2.75, 3.05) is 12.9 Å². The molecule has 1 atom stereocenters. The third kappa shape index (κ3) is 3.95. The summed E-state index contributed by atoms with van der Waals surface area (Å²) in [5.41, 5.74) is 2.99. The molecule has 4 rings (SSSR count). The smallest absolute Gasteiger partial charge is 0.338 e. The second-order valence-electron chi connectivity index (χ2n) is 6.31. The maximum Gasteiger partial charge on any atom is 0.338 e. The van der Waals surface area contributed by atoms with Gasteiger partial charge in [0.15, 0.2) is 5.16 Å². The minimum atomic E-state index is -0.747. The van der Waals surface area contributed by atoms with Crippen LogP contribution in [-0.4, -0.2) is 34.8 Å². The van der Waals surface area contributed by atoms with Crippen molar-refractivity contribution in [1.82, 2.24) is 20.6 Å². The maximum atomic E-state index is 13.3. The van der Waals surface area contributed by atoms with E-state index in [1.165, 1.54) is 43.1 Å². The highest BCUT2D eigenvalue weighted by atomic mass is 32.2. The number of amides is 2. The van der Waals surface area contributed by atoms with Crippen molar-refractivity contribution in [3.05, 3.63) is 71.2 Å². The molecule has 7 nitrogen and oxygen atoms in total. The Hall–Kier alpha value is -3.33. The van der Waals surface area contributed by atoms with Crippen LogP contribution in [0.25, 0.3) is 11.0 Å². The summed E-state index contributed by atoms with van der Waals surface area (Å²) in [6.45, 7) is 0. The molecule has 9 heteroatoms. The zero-order chi connectivity index (χ0) is 20.4. The minimum absolute atomic E-state index is 0.266. The molecule has 2 amide bonds. The molecule has 3 N–H and O–H groups in total. The number of para-hydroxylation sites is 2. The molecular formula is C20H17FN4O3S. The van der Waals surface area contributed by atoms with Crippen LogP contribution in [0.15, 0.2) is 65.0 Å². The predicted octanol–water partition coefficient (Wildman–Crippen LogP) is 3.28. The Morgan fingerprint density at radius 1 is 1.21 bits per heavy atom. The van der Waals surface area contributed by atoms with Crippen molar-refractivity contribution in [1.29, 1.82) is 0 Å². The SMILES string of the molecule is COC(=O)C1=C(CSc2nc3ccccc3[nH]2)NC(=O)NC1c1ccc(F)cc1. The normalized spacial score (nSPS) is 16.5. The monoisotopic (exact) mass is 412 g/mol. The summed E-state index contributed by atoms with van der Waals surface area (Å²) >= 11 is 1.35. The van der Waals surface area contributed by atoms with E-state index in [4.69, 9.17) is 4.74 Å². The highest BCUT2D eigenvalue weighted by Gasteiger charge is 2.33. The number of hydrogen-bond acceptors (Lipinski definition) is 5. The second kappa shape index (κ2) is 7.96. The minimum Gasteiger partial charge on any atom is -0.466 e. The average Bonchev–Trinajstić information content (AvgIpc) is 3.15. The summed E-state index contributed by atoms with van der Waals surface area (Å²) in [4.78, 5) is 32.4. The number of esters is 1. The molecule has 1 aliphatic heterocycles. The number of halogens is 1. The van der Waals surface area contributed by atoms with Crippen molar-refractivity contribution in [3.63, 3.8) is 0 Å². The van der Waals surface area contributed by atoms with Crippen LogP contribution in [-0.2, 0) is 9.53 Å². The molecule has 2 aromatic carbocycles. The largest absolute Gasteiger partial charge is 0.466 e. The number of imidazole rings is 1. The second-order valence-corrected chi connectivity index (χ2v) is 7.28. The van der Waals surface area contributed by atoms with Gasteiger partial charge in [-0.15, -0.1) is 0 Å². The molecule has 29 heavy (non-hydrogen) atoms. The first-order chi connectivity index (χ1) is 14.0. The molecule has 0 saturated carbocycles. The van der Waals surface area contributed by atoms with Crippen LogP contribution in [0.5, 0.6) is 0 Å². The number of nitrogens with one attached hydrogen (secondary N) is 3. The van der Waals surface area contributed by atoms with Gasteiger partial charge in [0.25, 0.3) is 0 Å². The Morgan fingerprint density at radius 2 is 1.97 bits per heavy atom. The number of benzene rings is 2. The Balaban J connectivity index is 1.66. The van der Waals surface area contributed by atoms with E-state index >= 15 is 0 Å². The molecule has 0 spiro atoms. The van der Waals surface area contributed by atoms with Gasteiger partial charge in [0.2, 0.25) is 0 Å². The molecule has 1 unspecified atom stereocenters. The van der Waals surface area contributed by atoms with Gasteiger partial charge >= 0.3 is 12.0 Å². The Morgan fingerprint density at radius 3 is 2.69 bits per heavy atom. The number of thioether (sulfide) groups is 1. The number of nitrogens with zero attached hydrogens (tertiary/aromatic N) is 1. The number of fused-ring (bicyclic) bond motifs is 1. The summed E-state index contributed by atoms with van der Waals surface area (Å²) in [6, 6.07) is 12.0. The summed E-state index contributed by atoms with van der Waals surface area (Å²) in [5.74, 6) is -0.694. The molecule has 1 aliphatic rings. The lowest BCUT2D eigenvalue weighted by Gasteiger charge is -2.29. The number of H-pyrrole nitrogens is 1. The summed E-state index contributed by atoms with van der Waals surface area (Å²) in [6.07, 6.45) is 0. The molecule has 0 bridgehead atoms. The zero-order valence-corrected chi connectivity index (χ0v) is 16.2. The number of ether oxygens (including phenoxy) is 1. The molecular weight excluding hydrogens is 395 g/mol. The Labute approximate surface area is 169 Å². The first-order valence-corrected chi connectivity index (χ1v) is 9.75. The van der Waals surface area contributed by atoms with Crippen LogP contribution in [0.4, 0.5) is 9.18 Å². The van der Waals surface area contributed by atoms with Crippen LogP contribution in [0.3, 0.4) is 0 Å². The molecule has 0 saturated heterocycles. The van der Waals surface area contributed by atoms with E-state index in [-0.39, 0.29) is 11.3 Å². The molecule has 148 valence electrons. The number of rotatable bonds is 5. The van der Waals surface area contributed by atoms with E-state index in [0.29, 0.717) is 16.4 Å². The van der Waals surface area contributed by atoms with E-state index in [0.717, 1.165) is 11.0 Å². The van der Waals surface area contributed by atoms with Gasteiger partial charge in [0.1, 0.15) is 5.82 Å². The fourth-order valence-electron chi connectivity index (χ4n) is 3.13. The van der Waals surface area contributed by atoms with Gasteiger partial charge in [0.05, 0.1) is 29.8 Å². The zero-order valence-electron chi connectivity index (χ0n) is 15.4. The molecule has 0 fully saturated rings. The van der Waals surface area contributed by atoms with Gasteiger partial charge < -0.3 is 20.4 Å². The van der Waals surface area contributed by atoms with Gasteiger partial charge in [0, 0.05) is 11.4 Å². The van der Waals surface area contributed by atoms with Gasteiger partial charge in [-0.2, -0.15) is 0 Å². The quantitative estimate of drug-likeness (QED) is 0.442. The van der Waals surface area contributed by atoms with Crippen molar-refractivity contribution in [2.24, 2.45) is 0 Å². The van der Waals surface area contributed by atoms with Gasteiger partial charge in [-0.05, 0) is 29.8 Å². The lowest BCUT2D eigenvalue weighted by atomic mass is 9.95. The highest BCUT2D eigenvalue weighted by molar-refractivity contribution is 7.99. The van der Waals surface area contributed by atoms with Crippen molar-refractivity contribution >= 4 is 34.8 Å². The van der Waals surface area contributed by atoms with Crippen molar-refractivity contribution in [3.8, 4) is 0 Å². The van der Waals surface area contributed by atoms with Gasteiger partial charge in [-0.3, -0.25) is 0 Å². The van der Waals surface area contributed by atoms with Crippen LogP contribution >= 0.6 is 11.8 Å². The number of methoxy groups -OCH3 is 1. The number of aromatic amines is 1. The fraction of sp³-hybridized carbons (Fsp3) is 0.150. The lowest BCUT2D eigenvalue weighted by Crippen LogP contribution is -2.46. The summed E-state index contributed by atoms with van der Waals surface area (Å²) < 4.78 is 18.2. The average molecular weight is 412 g/mol. The Bertz CT molecular complexity index is 1080. The van der Waals surface area contributed by atoms with E-state index in [9.17, 15) is 14.0 Å². The molecule has 1 aromatic heterocycles. The van der Waals surface area contributed by atoms with Crippen molar-refractivity contribution in [2.45, 2.75) is 11.2 Å². The highest BCUT2D eigenvalue weighted by Crippen LogP contribution is 2.30. The molecule has 0 aliphatic carbocycles. The van der Waals surface area contributed by atoms with Crippen LogP contribution < -0.4 is 10.6 Å². The molecule has 0 radical (unpaired) electrons. The number of aromatic nitrogens is 2. The van der Waals surface area contributed by atoms with E-state index < -0.39 is 23.9 Å². The Kier molecular flexibility index (Phi) is 5.22. The van der Waals surface area contributed by atoms with Crippen LogP contribution in [0.2, 0.25) is 0 Å². The number of urea groups is 1. The van der Waals surface area contributed by atoms with Gasteiger partial charge in [-0.1, -0.05) is 36.0 Å². The van der Waals surface area contributed by atoms with Crippen LogP contribution in [0, 0.1) is 5.82 Å². The fourth-order valence-corrected chi connectivity index (χ4v) is 3.98. The summed E-state index contributed by atoms with van der Waals surface area (Å²) in [5, 5.41) is 6.05. The van der Waals surface area contributed by atoms with E-state index in [1.54, 1.807) is 0 Å². The first-order valence-electron chi connectivity index (χ1n) is 8.77. The van der Waals surface area contributed by atoms with Gasteiger partial charge in [-0.25, -0.2) is 19.0 Å². The lowest BCUT2D eigenvalue weighted by molar-refractivity contribution is -0.136. The maximum absolute atomic E-state index is 13.3.